The number of rotatable bonds is 5. The second kappa shape index (κ2) is 7.30. The normalized spacial score (nSPS) is 22.7. The topological polar surface area (TPSA) is 32.8 Å². The second-order valence-corrected chi connectivity index (χ2v) is 6.64. The maximum atomic E-state index is 13.5. The quantitative estimate of drug-likeness (QED) is 0.836. The van der Waals surface area contributed by atoms with Gasteiger partial charge in [0.15, 0.2) is 11.6 Å². The zero-order valence-electron chi connectivity index (χ0n) is 13.7. The summed E-state index contributed by atoms with van der Waals surface area (Å²) in [5, 5.41) is 0. The van der Waals surface area contributed by atoms with E-state index in [1.807, 2.05) is 4.90 Å². The lowest BCUT2D eigenvalue weighted by Crippen LogP contribution is -2.56. The second-order valence-electron chi connectivity index (χ2n) is 6.64. The van der Waals surface area contributed by atoms with Crippen LogP contribution < -0.4 is 4.74 Å². The van der Waals surface area contributed by atoms with E-state index in [0.717, 1.165) is 13.0 Å². The van der Waals surface area contributed by atoms with Crippen LogP contribution in [-0.4, -0.2) is 54.5 Å². The van der Waals surface area contributed by atoms with Crippen LogP contribution in [0.2, 0.25) is 0 Å². The Labute approximate surface area is 137 Å². The Bertz CT molecular complexity index is 546. The van der Waals surface area contributed by atoms with Crippen LogP contribution in [0.4, 0.5) is 4.39 Å². The standard InChI is InChI=1S/C18H25FN2O2/c1-20-11-5-4-6-14(20)9-10-18(22)21-12-15(13-21)23-17-8-3-2-7-16(17)19/h2-3,7-8,14-15H,4-6,9-13H2,1H3/t14-/m1/s1. The maximum absolute atomic E-state index is 13.5. The van der Waals surface area contributed by atoms with Gasteiger partial charge in [0.2, 0.25) is 5.91 Å². The minimum Gasteiger partial charge on any atom is -0.484 e. The fraction of sp³-hybridized carbons (Fsp3) is 0.611. The van der Waals surface area contributed by atoms with Crippen molar-refractivity contribution in [2.45, 2.75) is 44.2 Å². The Hall–Kier alpha value is -1.62. The molecule has 0 bridgehead atoms. The van der Waals surface area contributed by atoms with Crippen LogP contribution >= 0.6 is 0 Å². The van der Waals surface area contributed by atoms with Crippen molar-refractivity contribution < 1.29 is 13.9 Å². The van der Waals surface area contributed by atoms with E-state index in [4.69, 9.17) is 4.74 Å². The zero-order chi connectivity index (χ0) is 16.2. The summed E-state index contributed by atoms with van der Waals surface area (Å²) in [5.74, 6) is 0.114. The van der Waals surface area contributed by atoms with Crippen molar-refractivity contribution in [2.75, 3.05) is 26.7 Å². The smallest absolute Gasteiger partial charge is 0.222 e. The van der Waals surface area contributed by atoms with Crippen molar-refractivity contribution in [2.24, 2.45) is 0 Å². The number of piperidine rings is 1. The first-order valence-electron chi connectivity index (χ1n) is 8.52. The molecule has 0 N–H and O–H groups in total. The van der Waals surface area contributed by atoms with Crippen LogP contribution in [0.3, 0.4) is 0 Å². The first kappa shape index (κ1) is 16.2. The molecule has 5 heteroatoms. The average molecular weight is 320 g/mol. The number of nitrogens with zero attached hydrogens (tertiary/aromatic N) is 2. The van der Waals surface area contributed by atoms with Gasteiger partial charge in [-0.2, -0.15) is 0 Å². The first-order chi connectivity index (χ1) is 11.1. The third-order valence-corrected chi connectivity index (χ3v) is 4.94. The van der Waals surface area contributed by atoms with Gasteiger partial charge in [0.1, 0.15) is 6.10 Å². The van der Waals surface area contributed by atoms with Gasteiger partial charge >= 0.3 is 0 Å². The van der Waals surface area contributed by atoms with Crippen LogP contribution in [0.25, 0.3) is 0 Å². The van der Waals surface area contributed by atoms with Gasteiger partial charge in [-0.25, -0.2) is 4.39 Å². The molecule has 23 heavy (non-hydrogen) atoms. The summed E-state index contributed by atoms with van der Waals surface area (Å²) >= 11 is 0. The van der Waals surface area contributed by atoms with Gasteiger partial charge in [0.25, 0.3) is 0 Å². The Balaban J connectivity index is 1.39. The molecule has 0 unspecified atom stereocenters. The third kappa shape index (κ3) is 4.02. The molecule has 0 aliphatic carbocycles. The van der Waals surface area contributed by atoms with Gasteiger partial charge in [0.05, 0.1) is 13.1 Å². The summed E-state index contributed by atoms with van der Waals surface area (Å²) in [5.41, 5.74) is 0. The number of carbonyl (C=O) groups is 1. The molecule has 0 saturated carbocycles. The molecule has 1 atom stereocenters. The third-order valence-electron chi connectivity index (χ3n) is 4.94. The fourth-order valence-electron chi connectivity index (χ4n) is 3.39. The molecule has 0 spiro atoms. The number of para-hydroxylation sites is 1. The molecule has 1 amide bonds. The monoisotopic (exact) mass is 320 g/mol. The van der Waals surface area contributed by atoms with E-state index >= 15 is 0 Å². The Morgan fingerprint density at radius 1 is 1.30 bits per heavy atom. The molecule has 2 saturated heterocycles. The summed E-state index contributed by atoms with van der Waals surface area (Å²) in [6, 6.07) is 6.94. The number of hydrogen-bond acceptors (Lipinski definition) is 3. The van der Waals surface area contributed by atoms with E-state index in [2.05, 4.69) is 11.9 Å². The highest BCUT2D eigenvalue weighted by atomic mass is 19.1. The fourth-order valence-corrected chi connectivity index (χ4v) is 3.39. The highest BCUT2D eigenvalue weighted by molar-refractivity contribution is 5.77. The summed E-state index contributed by atoms with van der Waals surface area (Å²) in [4.78, 5) is 16.4. The van der Waals surface area contributed by atoms with Gasteiger partial charge in [0, 0.05) is 12.5 Å². The first-order valence-corrected chi connectivity index (χ1v) is 8.52. The predicted octanol–water partition coefficient (Wildman–Crippen LogP) is 2.68. The van der Waals surface area contributed by atoms with Gasteiger partial charge in [-0.05, 0) is 45.0 Å². The minimum atomic E-state index is -0.349. The van der Waals surface area contributed by atoms with Crippen molar-refractivity contribution in [1.29, 1.82) is 0 Å². The lowest BCUT2D eigenvalue weighted by molar-refractivity contribution is -0.140. The summed E-state index contributed by atoms with van der Waals surface area (Å²) < 4.78 is 19.1. The number of amides is 1. The van der Waals surface area contributed by atoms with E-state index in [1.54, 1.807) is 18.2 Å². The van der Waals surface area contributed by atoms with E-state index in [0.29, 0.717) is 25.6 Å². The summed E-state index contributed by atoms with van der Waals surface area (Å²) in [7, 11) is 2.15. The lowest BCUT2D eigenvalue weighted by atomic mass is 9.98. The summed E-state index contributed by atoms with van der Waals surface area (Å²) in [6.07, 6.45) is 5.18. The number of benzene rings is 1. The highest BCUT2D eigenvalue weighted by Crippen LogP contribution is 2.23. The van der Waals surface area contributed by atoms with Crippen LogP contribution in [-0.2, 0) is 4.79 Å². The van der Waals surface area contributed by atoms with Crippen molar-refractivity contribution in [3.05, 3.63) is 30.1 Å². The Morgan fingerprint density at radius 2 is 2.09 bits per heavy atom. The van der Waals surface area contributed by atoms with Crippen LogP contribution in [0.1, 0.15) is 32.1 Å². The summed E-state index contributed by atoms with van der Waals surface area (Å²) in [6.45, 7) is 2.27. The van der Waals surface area contributed by atoms with Gasteiger partial charge in [-0.15, -0.1) is 0 Å². The van der Waals surface area contributed by atoms with E-state index in [9.17, 15) is 9.18 Å². The number of hydrogen-bond donors (Lipinski definition) is 0. The van der Waals surface area contributed by atoms with Crippen molar-refractivity contribution in [1.82, 2.24) is 9.80 Å². The molecule has 3 rings (SSSR count). The van der Waals surface area contributed by atoms with Gasteiger partial charge < -0.3 is 14.5 Å². The van der Waals surface area contributed by atoms with Crippen molar-refractivity contribution in [3.63, 3.8) is 0 Å². The van der Waals surface area contributed by atoms with Gasteiger partial charge in [-0.1, -0.05) is 18.6 Å². The largest absolute Gasteiger partial charge is 0.484 e. The molecule has 2 aliphatic rings. The Morgan fingerprint density at radius 3 is 2.83 bits per heavy atom. The Kier molecular flexibility index (Phi) is 5.16. The molecule has 1 aromatic rings. The highest BCUT2D eigenvalue weighted by Gasteiger charge is 2.33. The van der Waals surface area contributed by atoms with Crippen LogP contribution in [0.5, 0.6) is 5.75 Å². The van der Waals surface area contributed by atoms with E-state index in [-0.39, 0.29) is 23.6 Å². The van der Waals surface area contributed by atoms with Crippen LogP contribution in [0.15, 0.2) is 24.3 Å². The molecule has 2 aliphatic heterocycles. The number of carbonyl (C=O) groups excluding carboxylic acids is 1. The molecular formula is C18H25FN2O2. The van der Waals surface area contributed by atoms with E-state index < -0.39 is 0 Å². The number of ether oxygens (including phenoxy) is 1. The molecule has 2 fully saturated rings. The lowest BCUT2D eigenvalue weighted by Gasteiger charge is -2.39. The van der Waals surface area contributed by atoms with Gasteiger partial charge in [-0.3, -0.25) is 4.79 Å². The molecule has 1 aromatic carbocycles. The molecule has 0 aromatic heterocycles. The average Bonchev–Trinajstić information content (AvgIpc) is 2.51. The SMILES string of the molecule is CN1CCCC[C@@H]1CCC(=O)N1CC(Oc2ccccc2F)C1. The maximum Gasteiger partial charge on any atom is 0.222 e. The van der Waals surface area contributed by atoms with Crippen molar-refractivity contribution >= 4 is 5.91 Å². The molecular weight excluding hydrogens is 295 g/mol. The zero-order valence-corrected chi connectivity index (χ0v) is 13.7. The van der Waals surface area contributed by atoms with E-state index in [1.165, 1.54) is 25.3 Å². The predicted molar refractivity (Wildman–Crippen MR) is 86.9 cm³/mol. The van der Waals surface area contributed by atoms with Crippen molar-refractivity contribution in [3.8, 4) is 5.75 Å². The number of halogens is 1. The molecule has 2 heterocycles. The molecule has 126 valence electrons. The molecule has 0 radical (unpaired) electrons. The minimum absolute atomic E-state index is 0.0896. The van der Waals surface area contributed by atoms with Crippen LogP contribution in [0, 0.1) is 5.82 Å². The molecule has 4 nitrogen and oxygen atoms in total. The number of likely N-dealkylation sites (tertiary alicyclic amines) is 2.